The number of aliphatic carboxylic acids is 1. The van der Waals surface area contributed by atoms with Gasteiger partial charge in [0.1, 0.15) is 6.04 Å². The zero-order valence-corrected chi connectivity index (χ0v) is 10.8. The molecule has 0 aromatic rings. The first-order valence-corrected chi connectivity index (χ1v) is 6.62. The summed E-state index contributed by atoms with van der Waals surface area (Å²) in [6, 6.07) is -0.298. The molecular formula is C13H23NO3. The number of carboxylic acid groups (broad SMARTS) is 1. The highest BCUT2D eigenvalue weighted by Gasteiger charge is 2.48. The first-order chi connectivity index (χ1) is 8.08. The van der Waals surface area contributed by atoms with Gasteiger partial charge in [-0.15, -0.1) is 0 Å². The predicted octanol–water partition coefficient (Wildman–Crippen LogP) is 1.60. The van der Waals surface area contributed by atoms with Crippen molar-refractivity contribution in [3.8, 4) is 0 Å². The second kappa shape index (κ2) is 4.94. The van der Waals surface area contributed by atoms with E-state index in [2.05, 4.69) is 11.8 Å². The number of likely N-dealkylation sites (tertiary alicyclic amines) is 1. The van der Waals surface area contributed by atoms with Crippen LogP contribution in [-0.4, -0.2) is 48.3 Å². The van der Waals surface area contributed by atoms with Crippen LogP contribution in [0.25, 0.3) is 0 Å². The van der Waals surface area contributed by atoms with E-state index in [9.17, 15) is 9.90 Å². The molecule has 2 fully saturated rings. The average molecular weight is 241 g/mol. The Balaban J connectivity index is 1.93. The minimum atomic E-state index is -0.666. The van der Waals surface area contributed by atoms with Crippen LogP contribution in [0.5, 0.6) is 0 Å². The number of ether oxygens (including phenoxy) is 1. The molecule has 0 aromatic heterocycles. The van der Waals surface area contributed by atoms with E-state index in [1.165, 1.54) is 0 Å². The van der Waals surface area contributed by atoms with Gasteiger partial charge >= 0.3 is 5.97 Å². The topological polar surface area (TPSA) is 49.8 Å². The Morgan fingerprint density at radius 1 is 1.41 bits per heavy atom. The molecule has 4 heteroatoms. The number of carbonyl (C=O) groups is 1. The molecule has 2 aliphatic heterocycles. The maximum Gasteiger partial charge on any atom is 0.321 e. The molecule has 2 unspecified atom stereocenters. The van der Waals surface area contributed by atoms with Gasteiger partial charge in [-0.3, -0.25) is 9.69 Å². The zero-order chi connectivity index (χ0) is 12.5. The lowest BCUT2D eigenvalue weighted by molar-refractivity contribution is -0.158. The largest absolute Gasteiger partial charge is 0.480 e. The Morgan fingerprint density at radius 3 is 2.47 bits per heavy atom. The van der Waals surface area contributed by atoms with Gasteiger partial charge in [0.05, 0.1) is 0 Å². The van der Waals surface area contributed by atoms with Crippen LogP contribution in [-0.2, 0) is 9.53 Å². The number of hydrogen-bond donors (Lipinski definition) is 1. The van der Waals surface area contributed by atoms with Crippen molar-refractivity contribution in [2.24, 2.45) is 11.3 Å². The lowest BCUT2D eigenvalue weighted by Gasteiger charge is -2.55. The summed E-state index contributed by atoms with van der Waals surface area (Å²) in [5, 5.41) is 9.33. The third kappa shape index (κ3) is 2.47. The first-order valence-electron chi connectivity index (χ1n) is 6.62. The van der Waals surface area contributed by atoms with Gasteiger partial charge in [0, 0.05) is 31.7 Å². The zero-order valence-electron chi connectivity index (χ0n) is 10.8. The SMILES string of the molecule is CCC(C)C(C(=O)O)N1CC2(CCOCC2)C1. The summed E-state index contributed by atoms with van der Waals surface area (Å²) in [4.78, 5) is 13.5. The molecule has 2 saturated heterocycles. The molecule has 2 heterocycles. The van der Waals surface area contributed by atoms with Crippen LogP contribution in [0.15, 0.2) is 0 Å². The van der Waals surface area contributed by atoms with Crippen molar-refractivity contribution in [1.29, 1.82) is 0 Å². The first kappa shape index (κ1) is 12.8. The molecule has 0 aliphatic carbocycles. The molecule has 2 rings (SSSR count). The highest BCUT2D eigenvalue weighted by molar-refractivity contribution is 5.74. The van der Waals surface area contributed by atoms with Crippen LogP contribution >= 0.6 is 0 Å². The van der Waals surface area contributed by atoms with Crippen molar-refractivity contribution in [2.75, 3.05) is 26.3 Å². The normalized spacial score (nSPS) is 27.4. The van der Waals surface area contributed by atoms with Crippen LogP contribution in [0.4, 0.5) is 0 Å². The van der Waals surface area contributed by atoms with Crippen molar-refractivity contribution >= 4 is 5.97 Å². The summed E-state index contributed by atoms with van der Waals surface area (Å²) < 4.78 is 5.38. The molecular weight excluding hydrogens is 218 g/mol. The van der Waals surface area contributed by atoms with Crippen molar-refractivity contribution in [1.82, 2.24) is 4.90 Å². The van der Waals surface area contributed by atoms with E-state index in [1.807, 2.05) is 6.92 Å². The van der Waals surface area contributed by atoms with Gasteiger partial charge in [-0.05, 0) is 18.8 Å². The number of carboxylic acids is 1. The Hall–Kier alpha value is -0.610. The second-order valence-electron chi connectivity index (χ2n) is 5.69. The van der Waals surface area contributed by atoms with Gasteiger partial charge in [0.15, 0.2) is 0 Å². The monoisotopic (exact) mass is 241 g/mol. The molecule has 0 bridgehead atoms. The maximum absolute atomic E-state index is 11.3. The summed E-state index contributed by atoms with van der Waals surface area (Å²) in [5.41, 5.74) is 0.361. The van der Waals surface area contributed by atoms with Gasteiger partial charge in [0.25, 0.3) is 0 Å². The van der Waals surface area contributed by atoms with E-state index in [0.717, 1.165) is 45.6 Å². The molecule has 17 heavy (non-hydrogen) atoms. The quantitative estimate of drug-likeness (QED) is 0.812. The van der Waals surface area contributed by atoms with Gasteiger partial charge < -0.3 is 9.84 Å². The fourth-order valence-electron chi connectivity index (χ4n) is 3.12. The molecule has 4 nitrogen and oxygen atoms in total. The molecule has 0 aromatic carbocycles. The van der Waals surface area contributed by atoms with E-state index in [0.29, 0.717) is 5.41 Å². The minimum Gasteiger partial charge on any atom is -0.480 e. The molecule has 0 radical (unpaired) electrons. The molecule has 0 amide bonds. The highest BCUT2D eigenvalue weighted by Crippen LogP contribution is 2.41. The fourth-order valence-corrected chi connectivity index (χ4v) is 3.12. The maximum atomic E-state index is 11.3. The predicted molar refractivity (Wildman–Crippen MR) is 64.9 cm³/mol. The Kier molecular flexibility index (Phi) is 3.73. The molecule has 2 atom stereocenters. The van der Waals surface area contributed by atoms with E-state index in [1.54, 1.807) is 0 Å². The van der Waals surface area contributed by atoms with Crippen LogP contribution < -0.4 is 0 Å². The summed E-state index contributed by atoms with van der Waals surface area (Å²) in [5.74, 6) is -0.439. The van der Waals surface area contributed by atoms with Gasteiger partial charge in [-0.25, -0.2) is 0 Å². The lowest BCUT2D eigenvalue weighted by atomic mass is 9.72. The smallest absolute Gasteiger partial charge is 0.321 e. The number of nitrogens with zero attached hydrogens (tertiary/aromatic N) is 1. The number of hydrogen-bond acceptors (Lipinski definition) is 3. The molecule has 1 N–H and O–H groups in total. The standard InChI is InChI=1S/C13H23NO3/c1-3-10(2)11(12(15)16)14-8-13(9-14)4-6-17-7-5-13/h10-11H,3-9H2,1-2H3,(H,15,16). The highest BCUT2D eigenvalue weighted by atomic mass is 16.5. The van der Waals surface area contributed by atoms with E-state index in [4.69, 9.17) is 4.74 Å². The van der Waals surface area contributed by atoms with Crippen LogP contribution in [0, 0.1) is 11.3 Å². The summed E-state index contributed by atoms with van der Waals surface area (Å²) in [7, 11) is 0. The van der Waals surface area contributed by atoms with Gasteiger partial charge in [0.2, 0.25) is 0 Å². The molecule has 2 aliphatic rings. The van der Waals surface area contributed by atoms with Crippen LogP contribution in [0.3, 0.4) is 0 Å². The molecule has 1 spiro atoms. The Bertz CT molecular complexity index is 278. The number of rotatable bonds is 4. The second-order valence-corrected chi connectivity index (χ2v) is 5.69. The Labute approximate surface area is 103 Å². The van der Waals surface area contributed by atoms with Crippen molar-refractivity contribution in [3.63, 3.8) is 0 Å². The average Bonchev–Trinajstić information content (AvgIpc) is 2.27. The minimum absolute atomic E-state index is 0.227. The van der Waals surface area contributed by atoms with Gasteiger partial charge in [-0.1, -0.05) is 20.3 Å². The summed E-state index contributed by atoms with van der Waals surface area (Å²) in [6.45, 7) is 7.66. The fraction of sp³-hybridized carbons (Fsp3) is 0.923. The third-order valence-corrected chi connectivity index (χ3v) is 4.46. The summed E-state index contributed by atoms with van der Waals surface area (Å²) >= 11 is 0. The van der Waals surface area contributed by atoms with Crippen molar-refractivity contribution < 1.29 is 14.6 Å². The van der Waals surface area contributed by atoms with Gasteiger partial charge in [-0.2, -0.15) is 0 Å². The van der Waals surface area contributed by atoms with Crippen LogP contribution in [0.2, 0.25) is 0 Å². The lowest BCUT2D eigenvalue weighted by Crippen LogP contribution is -2.64. The van der Waals surface area contributed by atoms with Crippen molar-refractivity contribution in [3.05, 3.63) is 0 Å². The van der Waals surface area contributed by atoms with Crippen molar-refractivity contribution in [2.45, 2.75) is 39.2 Å². The van der Waals surface area contributed by atoms with E-state index >= 15 is 0 Å². The van der Waals surface area contributed by atoms with E-state index < -0.39 is 5.97 Å². The summed E-state index contributed by atoms with van der Waals surface area (Å²) in [6.07, 6.45) is 3.11. The molecule has 98 valence electrons. The van der Waals surface area contributed by atoms with E-state index in [-0.39, 0.29) is 12.0 Å². The third-order valence-electron chi connectivity index (χ3n) is 4.46. The Morgan fingerprint density at radius 2 is 2.00 bits per heavy atom. The molecule has 0 saturated carbocycles. The van der Waals surface area contributed by atoms with Crippen LogP contribution in [0.1, 0.15) is 33.1 Å².